The number of hydrogen-bond acceptors (Lipinski definition) is 2. The van der Waals surface area contributed by atoms with E-state index in [2.05, 4.69) is 17.1 Å². The zero-order valence-electron chi connectivity index (χ0n) is 12.7. The minimum Gasteiger partial charge on any atom is -0.311 e. The van der Waals surface area contributed by atoms with E-state index in [9.17, 15) is 4.39 Å². The lowest BCUT2D eigenvalue weighted by atomic mass is 9.90. The Balaban J connectivity index is 1.80. The van der Waals surface area contributed by atoms with E-state index in [4.69, 9.17) is 11.6 Å². The quantitative estimate of drug-likeness (QED) is 0.908. The van der Waals surface area contributed by atoms with Crippen LogP contribution in [0, 0.1) is 5.82 Å². The third-order valence-electron chi connectivity index (χ3n) is 5.22. The predicted octanol–water partition coefficient (Wildman–Crippen LogP) is 3.98. The normalized spacial score (nSPS) is 25.6. The van der Waals surface area contributed by atoms with Gasteiger partial charge in [-0.2, -0.15) is 0 Å². The summed E-state index contributed by atoms with van der Waals surface area (Å²) in [7, 11) is 0. The van der Waals surface area contributed by atoms with Gasteiger partial charge in [0, 0.05) is 31.2 Å². The van der Waals surface area contributed by atoms with E-state index in [-0.39, 0.29) is 16.4 Å². The summed E-state index contributed by atoms with van der Waals surface area (Å²) in [6.45, 7) is 5.18. The van der Waals surface area contributed by atoms with E-state index in [1.807, 2.05) is 6.07 Å². The molecule has 0 radical (unpaired) electrons. The number of piperazine rings is 1. The van der Waals surface area contributed by atoms with Gasteiger partial charge in [-0.3, -0.25) is 4.90 Å². The number of nitrogens with one attached hydrogen (secondary N) is 1. The molecule has 1 aromatic rings. The van der Waals surface area contributed by atoms with Gasteiger partial charge in [-0.05, 0) is 37.0 Å². The molecule has 1 aliphatic carbocycles. The zero-order valence-corrected chi connectivity index (χ0v) is 13.4. The molecular formula is C17H24ClFN2. The van der Waals surface area contributed by atoms with Gasteiger partial charge in [0.1, 0.15) is 5.82 Å². The van der Waals surface area contributed by atoms with Gasteiger partial charge in [-0.15, -0.1) is 0 Å². The standard InChI is InChI=1S/C17H24ClFN2/c1-2-14-11-21(17(12-20-14)7-3-4-8-17)10-13-5-6-15(18)16(19)9-13/h5-6,9,14,20H,2-4,7-8,10-12H2,1H3. The molecule has 1 unspecified atom stereocenters. The smallest absolute Gasteiger partial charge is 0.142 e. The number of benzene rings is 1. The molecule has 1 saturated heterocycles. The molecule has 21 heavy (non-hydrogen) atoms. The van der Waals surface area contributed by atoms with Crippen LogP contribution in [-0.2, 0) is 6.54 Å². The van der Waals surface area contributed by atoms with Crippen molar-refractivity contribution in [2.24, 2.45) is 0 Å². The van der Waals surface area contributed by atoms with E-state index >= 15 is 0 Å². The molecule has 1 aliphatic heterocycles. The molecule has 116 valence electrons. The Morgan fingerprint density at radius 1 is 1.38 bits per heavy atom. The maximum absolute atomic E-state index is 13.7. The first-order valence-corrected chi connectivity index (χ1v) is 8.43. The summed E-state index contributed by atoms with van der Waals surface area (Å²) in [5.41, 5.74) is 1.31. The van der Waals surface area contributed by atoms with Gasteiger partial charge in [0.15, 0.2) is 0 Å². The number of halogens is 2. The highest BCUT2D eigenvalue weighted by molar-refractivity contribution is 6.30. The molecule has 4 heteroatoms. The largest absolute Gasteiger partial charge is 0.311 e. The van der Waals surface area contributed by atoms with Crippen molar-refractivity contribution in [3.63, 3.8) is 0 Å². The molecule has 0 bridgehead atoms. The van der Waals surface area contributed by atoms with E-state index in [1.54, 1.807) is 12.1 Å². The fourth-order valence-corrected chi connectivity index (χ4v) is 3.98. The van der Waals surface area contributed by atoms with Crippen LogP contribution in [0.4, 0.5) is 4.39 Å². The lowest BCUT2D eigenvalue weighted by Crippen LogP contribution is -2.62. The minimum absolute atomic E-state index is 0.209. The lowest BCUT2D eigenvalue weighted by Gasteiger charge is -2.48. The minimum atomic E-state index is -0.309. The first-order chi connectivity index (χ1) is 10.1. The van der Waals surface area contributed by atoms with Crippen LogP contribution in [0.1, 0.15) is 44.6 Å². The van der Waals surface area contributed by atoms with Gasteiger partial charge < -0.3 is 5.32 Å². The molecule has 2 nitrogen and oxygen atoms in total. The molecular weight excluding hydrogens is 287 g/mol. The Labute approximate surface area is 131 Å². The fourth-order valence-electron chi connectivity index (χ4n) is 3.86. The van der Waals surface area contributed by atoms with Crippen LogP contribution in [0.3, 0.4) is 0 Å². The highest BCUT2D eigenvalue weighted by atomic mass is 35.5. The summed E-state index contributed by atoms with van der Waals surface area (Å²) in [5.74, 6) is -0.309. The van der Waals surface area contributed by atoms with E-state index < -0.39 is 0 Å². The van der Waals surface area contributed by atoms with Crippen molar-refractivity contribution in [1.82, 2.24) is 10.2 Å². The zero-order chi connectivity index (χ0) is 14.9. The summed E-state index contributed by atoms with van der Waals surface area (Å²) in [6.07, 6.45) is 6.27. The van der Waals surface area contributed by atoms with E-state index in [1.165, 1.54) is 25.7 Å². The maximum Gasteiger partial charge on any atom is 0.142 e. The number of hydrogen-bond donors (Lipinski definition) is 1. The van der Waals surface area contributed by atoms with Crippen molar-refractivity contribution in [3.05, 3.63) is 34.6 Å². The second-order valence-corrected chi connectivity index (χ2v) is 6.95. The first kappa shape index (κ1) is 15.3. The third-order valence-corrected chi connectivity index (χ3v) is 5.52. The Morgan fingerprint density at radius 3 is 2.81 bits per heavy atom. The lowest BCUT2D eigenvalue weighted by molar-refractivity contribution is 0.0349. The van der Waals surface area contributed by atoms with Gasteiger partial charge in [0.05, 0.1) is 5.02 Å². The highest BCUT2D eigenvalue weighted by Gasteiger charge is 2.42. The van der Waals surface area contributed by atoms with Crippen LogP contribution in [0.5, 0.6) is 0 Å². The van der Waals surface area contributed by atoms with Crippen molar-refractivity contribution in [1.29, 1.82) is 0 Å². The molecule has 1 N–H and O–H groups in total. The molecule has 2 aliphatic rings. The monoisotopic (exact) mass is 310 g/mol. The molecule has 1 aromatic carbocycles. The van der Waals surface area contributed by atoms with Crippen molar-refractivity contribution in [3.8, 4) is 0 Å². The van der Waals surface area contributed by atoms with Gasteiger partial charge in [0.2, 0.25) is 0 Å². The predicted molar refractivity (Wildman–Crippen MR) is 85.1 cm³/mol. The van der Waals surface area contributed by atoms with E-state index in [0.717, 1.165) is 31.6 Å². The fraction of sp³-hybridized carbons (Fsp3) is 0.647. The van der Waals surface area contributed by atoms with Gasteiger partial charge in [0.25, 0.3) is 0 Å². The summed E-state index contributed by atoms with van der Waals surface area (Å²) >= 11 is 5.79. The molecule has 3 rings (SSSR count). The van der Waals surface area contributed by atoms with Gasteiger partial charge in [-0.25, -0.2) is 4.39 Å². The third kappa shape index (κ3) is 3.10. The van der Waals surface area contributed by atoms with Gasteiger partial charge >= 0.3 is 0 Å². The van der Waals surface area contributed by atoms with Crippen LogP contribution < -0.4 is 5.32 Å². The topological polar surface area (TPSA) is 15.3 Å². The summed E-state index contributed by atoms with van der Waals surface area (Å²) in [4.78, 5) is 2.59. The van der Waals surface area contributed by atoms with Crippen molar-refractivity contribution < 1.29 is 4.39 Å². The Hall–Kier alpha value is -0.640. The summed E-state index contributed by atoms with van der Waals surface area (Å²) < 4.78 is 13.7. The molecule has 1 heterocycles. The van der Waals surface area contributed by atoms with Crippen molar-refractivity contribution >= 4 is 11.6 Å². The Bertz CT molecular complexity index is 500. The van der Waals surface area contributed by atoms with Crippen molar-refractivity contribution in [2.45, 2.75) is 57.2 Å². The Morgan fingerprint density at radius 2 is 2.14 bits per heavy atom. The summed E-state index contributed by atoms with van der Waals surface area (Å²) in [5, 5.41) is 3.91. The second-order valence-electron chi connectivity index (χ2n) is 6.55. The van der Waals surface area contributed by atoms with Crippen LogP contribution in [-0.4, -0.2) is 29.6 Å². The molecule has 0 amide bonds. The molecule has 1 spiro atoms. The average Bonchev–Trinajstić information content (AvgIpc) is 2.95. The van der Waals surface area contributed by atoms with Crippen molar-refractivity contribution in [2.75, 3.05) is 13.1 Å². The van der Waals surface area contributed by atoms with Crippen LogP contribution in [0.15, 0.2) is 18.2 Å². The molecule has 1 saturated carbocycles. The SMILES string of the molecule is CCC1CN(Cc2ccc(Cl)c(F)c2)C2(CCCC2)CN1. The second kappa shape index (κ2) is 6.23. The highest BCUT2D eigenvalue weighted by Crippen LogP contribution is 2.38. The maximum atomic E-state index is 13.7. The summed E-state index contributed by atoms with van der Waals surface area (Å²) in [6, 6.07) is 5.77. The molecule has 1 atom stereocenters. The average molecular weight is 311 g/mol. The molecule has 0 aromatic heterocycles. The van der Waals surface area contributed by atoms with Crippen LogP contribution in [0.2, 0.25) is 5.02 Å². The van der Waals surface area contributed by atoms with E-state index in [0.29, 0.717) is 6.04 Å². The van der Waals surface area contributed by atoms with Crippen LogP contribution in [0.25, 0.3) is 0 Å². The number of nitrogens with zero attached hydrogens (tertiary/aromatic N) is 1. The van der Waals surface area contributed by atoms with Crippen LogP contribution >= 0.6 is 11.6 Å². The number of rotatable bonds is 3. The Kier molecular flexibility index (Phi) is 4.53. The van der Waals surface area contributed by atoms with Gasteiger partial charge in [-0.1, -0.05) is 37.4 Å². The molecule has 2 fully saturated rings. The first-order valence-electron chi connectivity index (χ1n) is 8.05.